The summed E-state index contributed by atoms with van der Waals surface area (Å²) in [5, 5.41) is 14.8. The molecule has 0 aromatic rings. The summed E-state index contributed by atoms with van der Waals surface area (Å²) in [6, 6.07) is 0. The first kappa shape index (κ1) is 10.3. The van der Waals surface area contributed by atoms with E-state index in [2.05, 4.69) is 10.6 Å². The Morgan fingerprint density at radius 3 is 3.00 bits per heavy atom. The molecule has 0 spiro atoms. The number of carbonyl (C=O) groups excluding carboxylic acids is 1. The molecule has 5 nitrogen and oxygen atoms in total. The van der Waals surface area contributed by atoms with Gasteiger partial charge in [0.2, 0.25) is 0 Å². The number of hydrogen-bond acceptors (Lipinski definition) is 4. The fraction of sp³-hybridized carbons (Fsp3) is 0.875. The average Bonchev–Trinajstić information content (AvgIpc) is 2.52. The van der Waals surface area contributed by atoms with Gasteiger partial charge in [-0.1, -0.05) is 0 Å². The minimum Gasteiger partial charge on any atom is -0.450 e. The maximum atomic E-state index is 10.7. The normalized spacial score (nSPS) is 27.2. The molecule has 2 atom stereocenters. The van der Waals surface area contributed by atoms with E-state index in [0.29, 0.717) is 19.6 Å². The maximum Gasteiger partial charge on any atom is 0.406 e. The zero-order valence-electron chi connectivity index (χ0n) is 7.75. The Labute approximate surface area is 77.5 Å². The summed E-state index contributed by atoms with van der Waals surface area (Å²) in [6.07, 6.45) is -0.00423. The van der Waals surface area contributed by atoms with Crippen LogP contribution >= 0.6 is 0 Å². The number of amides is 1. The minimum atomic E-state index is -0.416. The van der Waals surface area contributed by atoms with Gasteiger partial charge in [-0.05, 0) is 6.42 Å². The van der Waals surface area contributed by atoms with Gasteiger partial charge < -0.3 is 20.5 Å². The number of ether oxygens (including phenoxy) is 1. The summed E-state index contributed by atoms with van der Waals surface area (Å²) in [6.45, 7) is 1.81. The zero-order valence-corrected chi connectivity index (χ0v) is 7.75. The van der Waals surface area contributed by atoms with Crippen molar-refractivity contribution in [1.29, 1.82) is 0 Å². The average molecular weight is 188 g/mol. The van der Waals surface area contributed by atoms with Crippen molar-refractivity contribution < 1.29 is 14.6 Å². The lowest BCUT2D eigenvalue weighted by Gasteiger charge is -2.12. The van der Waals surface area contributed by atoms with Crippen molar-refractivity contribution >= 4 is 6.09 Å². The second-order valence-corrected chi connectivity index (χ2v) is 3.16. The molecule has 0 aromatic heterocycles. The van der Waals surface area contributed by atoms with E-state index in [0.717, 1.165) is 6.54 Å². The Morgan fingerprint density at radius 1 is 1.69 bits per heavy atom. The predicted molar refractivity (Wildman–Crippen MR) is 47.4 cm³/mol. The molecule has 0 aromatic carbocycles. The zero-order chi connectivity index (χ0) is 9.68. The molecule has 13 heavy (non-hydrogen) atoms. The second kappa shape index (κ2) is 5.04. The molecule has 1 rings (SSSR count). The number of hydrogen-bond donors (Lipinski definition) is 3. The highest BCUT2D eigenvalue weighted by Gasteiger charge is 2.24. The van der Waals surface area contributed by atoms with Crippen molar-refractivity contribution in [3.05, 3.63) is 0 Å². The Bertz CT molecular complexity index is 175. The Morgan fingerprint density at radius 2 is 2.46 bits per heavy atom. The monoisotopic (exact) mass is 188 g/mol. The molecule has 1 saturated heterocycles. The molecule has 1 aliphatic heterocycles. The van der Waals surface area contributed by atoms with Gasteiger partial charge in [0.15, 0.2) is 0 Å². The summed E-state index contributed by atoms with van der Waals surface area (Å²) in [7, 11) is 1.52. The molecule has 3 N–H and O–H groups in total. The number of alkyl carbamates (subject to hydrolysis) is 1. The molecule has 1 amide bonds. The second-order valence-electron chi connectivity index (χ2n) is 3.16. The van der Waals surface area contributed by atoms with Crippen LogP contribution < -0.4 is 10.6 Å². The third-order valence-corrected chi connectivity index (χ3v) is 2.23. The highest BCUT2D eigenvalue weighted by Crippen LogP contribution is 2.12. The van der Waals surface area contributed by atoms with Crippen molar-refractivity contribution in [3.8, 4) is 0 Å². The summed E-state index contributed by atoms with van der Waals surface area (Å²) >= 11 is 0. The molecule has 1 aliphatic rings. The van der Waals surface area contributed by atoms with Gasteiger partial charge in [0, 0.05) is 26.1 Å². The van der Waals surface area contributed by atoms with Gasteiger partial charge in [0.05, 0.1) is 12.7 Å². The summed E-state index contributed by atoms with van der Waals surface area (Å²) in [5.41, 5.74) is 0. The van der Waals surface area contributed by atoms with Gasteiger partial charge in [-0.15, -0.1) is 0 Å². The predicted octanol–water partition coefficient (Wildman–Crippen LogP) is -0.687. The molecule has 76 valence electrons. The van der Waals surface area contributed by atoms with Gasteiger partial charge in [-0.25, -0.2) is 4.79 Å². The quantitative estimate of drug-likeness (QED) is 0.548. The van der Waals surface area contributed by atoms with E-state index < -0.39 is 6.09 Å². The lowest BCUT2D eigenvalue weighted by molar-refractivity contribution is 0.109. The van der Waals surface area contributed by atoms with Crippen LogP contribution in [0.2, 0.25) is 0 Å². The van der Waals surface area contributed by atoms with E-state index in [9.17, 15) is 9.90 Å². The van der Waals surface area contributed by atoms with Crippen molar-refractivity contribution in [2.75, 3.05) is 26.7 Å². The van der Waals surface area contributed by atoms with Crippen LogP contribution in [0.15, 0.2) is 0 Å². The molecule has 1 heterocycles. The van der Waals surface area contributed by atoms with E-state index >= 15 is 0 Å². The fourth-order valence-electron chi connectivity index (χ4n) is 1.39. The third-order valence-electron chi connectivity index (χ3n) is 2.23. The molecule has 0 saturated carbocycles. The Hall–Kier alpha value is -0.810. The van der Waals surface area contributed by atoms with Gasteiger partial charge in [0.1, 0.15) is 0 Å². The van der Waals surface area contributed by atoms with Crippen molar-refractivity contribution in [1.82, 2.24) is 10.6 Å². The minimum absolute atomic E-state index is 0.213. The number of nitrogens with one attached hydrogen (secondary N) is 2. The van der Waals surface area contributed by atoms with Crippen molar-refractivity contribution in [2.24, 2.45) is 5.92 Å². The lowest BCUT2D eigenvalue weighted by Crippen LogP contribution is -2.23. The largest absolute Gasteiger partial charge is 0.450 e. The molecular formula is C8H16N2O3. The lowest BCUT2D eigenvalue weighted by atomic mass is 10.0. The van der Waals surface area contributed by atoms with Gasteiger partial charge in [-0.3, -0.25) is 0 Å². The first-order chi connectivity index (χ1) is 6.24. The van der Waals surface area contributed by atoms with Gasteiger partial charge >= 0.3 is 6.09 Å². The standard InChI is InChI=1S/C8H16N2O3/c1-9-8(12)13-3-2-6-4-10-5-7(6)11/h6-7,10-11H,2-5H2,1H3,(H,9,12)/t6-,7-/m1/s1. The molecule has 1 fully saturated rings. The van der Waals surface area contributed by atoms with Crippen LogP contribution in [0.5, 0.6) is 0 Å². The molecule has 0 aliphatic carbocycles. The van der Waals surface area contributed by atoms with E-state index in [1.807, 2.05) is 0 Å². The molecule has 0 bridgehead atoms. The van der Waals surface area contributed by atoms with Crippen molar-refractivity contribution in [2.45, 2.75) is 12.5 Å². The van der Waals surface area contributed by atoms with Crippen molar-refractivity contribution in [3.63, 3.8) is 0 Å². The van der Waals surface area contributed by atoms with Crippen LogP contribution in [0.3, 0.4) is 0 Å². The van der Waals surface area contributed by atoms with E-state index in [1.54, 1.807) is 0 Å². The van der Waals surface area contributed by atoms with Crippen LogP contribution in [-0.4, -0.2) is 44.0 Å². The van der Waals surface area contributed by atoms with E-state index in [-0.39, 0.29) is 12.0 Å². The number of aliphatic hydroxyl groups is 1. The molecule has 0 unspecified atom stereocenters. The van der Waals surface area contributed by atoms with E-state index in [1.165, 1.54) is 7.05 Å². The van der Waals surface area contributed by atoms with Crippen LogP contribution in [0.25, 0.3) is 0 Å². The summed E-state index contributed by atoms with van der Waals surface area (Å²) < 4.78 is 4.81. The Kier molecular flexibility index (Phi) is 3.98. The molecule has 0 radical (unpaired) electrons. The van der Waals surface area contributed by atoms with Crippen LogP contribution in [-0.2, 0) is 4.74 Å². The highest BCUT2D eigenvalue weighted by molar-refractivity contribution is 5.66. The fourth-order valence-corrected chi connectivity index (χ4v) is 1.39. The summed E-state index contributed by atoms with van der Waals surface area (Å²) in [4.78, 5) is 10.7. The number of rotatable bonds is 3. The third kappa shape index (κ3) is 3.20. The molecule has 5 heteroatoms. The van der Waals surface area contributed by atoms with E-state index in [4.69, 9.17) is 4.74 Å². The van der Waals surface area contributed by atoms with Gasteiger partial charge in [-0.2, -0.15) is 0 Å². The van der Waals surface area contributed by atoms with Crippen LogP contribution in [0.1, 0.15) is 6.42 Å². The topological polar surface area (TPSA) is 70.6 Å². The van der Waals surface area contributed by atoms with Gasteiger partial charge in [0.25, 0.3) is 0 Å². The number of aliphatic hydroxyl groups excluding tert-OH is 1. The number of carbonyl (C=O) groups is 1. The molecular weight excluding hydrogens is 172 g/mol. The first-order valence-corrected chi connectivity index (χ1v) is 4.47. The summed E-state index contributed by atoms with van der Waals surface area (Å²) in [5.74, 6) is 0.213. The number of β-amino-alcohol motifs (C(OH)–C–C–N with tert-alkyl or cyclic N) is 1. The Balaban J connectivity index is 2.08. The maximum absolute atomic E-state index is 10.7. The van der Waals surface area contributed by atoms with Crippen LogP contribution in [0.4, 0.5) is 4.79 Å². The first-order valence-electron chi connectivity index (χ1n) is 4.47. The smallest absolute Gasteiger partial charge is 0.406 e. The highest BCUT2D eigenvalue weighted by atomic mass is 16.5. The van der Waals surface area contributed by atoms with Crippen LogP contribution in [0, 0.1) is 5.92 Å². The SMILES string of the molecule is CNC(=O)OCC[C@@H]1CNC[C@H]1O.